The maximum Gasteiger partial charge on any atom is 0.0185 e. The van der Waals surface area contributed by atoms with Gasteiger partial charge in [0.25, 0.3) is 0 Å². The predicted octanol–water partition coefficient (Wildman–Crippen LogP) is 4.10. The molecule has 2 heteroatoms. The van der Waals surface area contributed by atoms with Crippen molar-refractivity contribution >= 4 is 11.8 Å². The van der Waals surface area contributed by atoms with E-state index in [1.807, 2.05) is 0 Å². The highest BCUT2D eigenvalue weighted by atomic mass is 32.2. The summed E-state index contributed by atoms with van der Waals surface area (Å²) in [4.78, 5) is 2.65. The van der Waals surface area contributed by atoms with Gasteiger partial charge in [-0.15, -0.1) is 0 Å². The van der Waals surface area contributed by atoms with E-state index in [9.17, 15) is 0 Å². The first-order valence-electron chi connectivity index (χ1n) is 7.20. The van der Waals surface area contributed by atoms with Crippen LogP contribution >= 0.6 is 11.8 Å². The Bertz CT molecular complexity index is 343. The fourth-order valence-electron chi connectivity index (χ4n) is 2.55. The molecular formula is C16H25NS. The first kappa shape index (κ1) is 14.0. The molecule has 0 bridgehead atoms. The lowest BCUT2D eigenvalue weighted by molar-refractivity contribution is 0.303. The SMILES string of the molecule is Cc1cccc(CSCCN2CCCCCC2)c1. The highest BCUT2D eigenvalue weighted by molar-refractivity contribution is 7.98. The van der Waals surface area contributed by atoms with E-state index >= 15 is 0 Å². The Balaban J connectivity index is 1.63. The molecule has 100 valence electrons. The van der Waals surface area contributed by atoms with Gasteiger partial charge in [0.2, 0.25) is 0 Å². The Hall–Kier alpha value is -0.470. The van der Waals surface area contributed by atoms with Crippen LogP contribution in [0.4, 0.5) is 0 Å². The fourth-order valence-corrected chi connectivity index (χ4v) is 3.49. The monoisotopic (exact) mass is 263 g/mol. The number of hydrogen-bond donors (Lipinski definition) is 0. The number of benzene rings is 1. The van der Waals surface area contributed by atoms with Crippen molar-refractivity contribution < 1.29 is 0 Å². The van der Waals surface area contributed by atoms with Gasteiger partial charge in [0.15, 0.2) is 0 Å². The molecule has 0 aliphatic carbocycles. The van der Waals surface area contributed by atoms with Crippen LogP contribution in [-0.4, -0.2) is 30.3 Å². The van der Waals surface area contributed by atoms with Crippen LogP contribution < -0.4 is 0 Å². The zero-order valence-corrected chi connectivity index (χ0v) is 12.3. The molecule has 0 amide bonds. The molecule has 0 spiro atoms. The summed E-state index contributed by atoms with van der Waals surface area (Å²) in [5.74, 6) is 2.43. The van der Waals surface area contributed by atoms with Gasteiger partial charge < -0.3 is 4.90 Å². The van der Waals surface area contributed by atoms with Crippen LogP contribution in [0, 0.1) is 6.92 Å². The molecule has 1 saturated heterocycles. The second kappa shape index (κ2) is 7.85. The molecule has 1 heterocycles. The topological polar surface area (TPSA) is 3.24 Å². The maximum absolute atomic E-state index is 2.65. The Labute approximate surface area is 116 Å². The Morgan fingerprint density at radius 3 is 2.61 bits per heavy atom. The second-order valence-electron chi connectivity index (χ2n) is 5.30. The van der Waals surface area contributed by atoms with Crippen LogP contribution in [-0.2, 0) is 5.75 Å². The molecule has 1 fully saturated rings. The fraction of sp³-hybridized carbons (Fsp3) is 0.625. The average molecular weight is 263 g/mol. The maximum atomic E-state index is 2.65. The highest BCUT2D eigenvalue weighted by Crippen LogP contribution is 2.15. The van der Waals surface area contributed by atoms with Gasteiger partial charge in [-0.3, -0.25) is 0 Å². The third-order valence-corrected chi connectivity index (χ3v) is 4.61. The lowest BCUT2D eigenvalue weighted by atomic mass is 10.2. The molecule has 0 radical (unpaired) electrons. The van der Waals surface area contributed by atoms with Crippen LogP contribution in [0.1, 0.15) is 36.8 Å². The number of rotatable bonds is 5. The van der Waals surface area contributed by atoms with E-state index in [1.54, 1.807) is 0 Å². The average Bonchev–Trinajstić information content (AvgIpc) is 2.63. The first-order chi connectivity index (χ1) is 8.84. The Morgan fingerprint density at radius 2 is 1.89 bits per heavy atom. The molecule has 1 aliphatic heterocycles. The van der Waals surface area contributed by atoms with E-state index in [0.29, 0.717) is 0 Å². The van der Waals surface area contributed by atoms with E-state index in [0.717, 1.165) is 5.75 Å². The molecule has 0 N–H and O–H groups in total. The van der Waals surface area contributed by atoms with Gasteiger partial charge in [-0.05, 0) is 38.4 Å². The zero-order valence-electron chi connectivity index (χ0n) is 11.5. The highest BCUT2D eigenvalue weighted by Gasteiger charge is 2.07. The van der Waals surface area contributed by atoms with Gasteiger partial charge in [0, 0.05) is 18.1 Å². The quantitative estimate of drug-likeness (QED) is 0.736. The summed E-state index contributed by atoms with van der Waals surface area (Å²) in [6, 6.07) is 8.89. The summed E-state index contributed by atoms with van der Waals surface area (Å²) in [6.45, 7) is 6.10. The van der Waals surface area contributed by atoms with Crippen LogP contribution in [0.25, 0.3) is 0 Å². The van der Waals surface area contributed by atoms with Crippen molar-refractivity contribution in [3.8, 4) is 0 Å². The minimum atomic E-state index is 1.16. The molecule has 1 nitrogen and oxygen atoms in total. The van der Waals surface area contributed by atoms with Crippen LogP contribution in [0.2, 0.25) is 0 Å². The van der Waals surface area contributed by atoms with E-state index in [2.05, 4.69) is 47.9 Å². The van der Waals surface area contributed by atoms with Crippen LogP contribution in [0.3, 0.4) is 0 Å². The molecule has 1 aromatic carbocycles. The number of aryl methyl sites for hydroxylation is 1. The van der Waals surface area contributed by atoms with Crippen molar-refractivity contribution in [3.05, 3.63) is 35.4 Å². The minimum absolute atomic E-state index is 1.16. The summed E-state index contributed by atoms with van der Waals surface area (Å²) in [5, 5.41) is 0. The van der Waals surface area contributed by atoms with Gasteiger partial charge in [-0.1, -0.05) is 42.7 Å². The Morgan fingerprint density at radius 1 is 1.11 bits per heavy atom. The predicted molar refractivity (Wildman–Crippen MR) is 82.2 cm³/mol. The molecule has 0 atom stereocenters. The van der Waals surface area contributed by atoms with E-state index in [-0.39, 0.29) is 0 Å². The van der Waals surface area contributed by atoms with Crippen LogP contribution in [0.15, 0.2) is 24.3 Å². The first-order valence-corrected chi connectivity index (χ1v) is 8.36. The molecule has 0 saturated carbocycles. The molecule has 1 aromatic rings. The van der Waals surface area contributed by atoms with Gasteiger partial charge >= 0.3 is 0 Å². The lowest BCUT2D eigenvalue weighted by Crippen LogP contribution is -2.27. The third-order valence-electron chi connectivity index (χ3n) is 3.60. The number of thioether (sulfide) groups is 1. The van der Waals surface area contributed by atoms with E-state index in [1.165, 1.54) is 62.2 Å². The molecule has 2 rings (SSSR count). The minimum Gasteiger partial charge on any atom is -0.303 e. The van der Waals surface area contributed by atoms with Crippen LogP contribution in [0.5, 0.6) is 0 Å². The number of likely N-dealkylation sites (tertiary alicyclic amines) is 1. The number of hydrogen-bond acceptors (Lipinski definition) is 2. The number of nitrogens with zero attached hydrogens (tertiary/aromatic N) is 1. The smallest absolute Gasteiger partial charge is 0.0185 e. The molecule has 0 unspecified atom stereocenters. The largest absolute Gasteiger partial charge is 0.303 e. The van der Waals surface area contributed by atoms with Gasteiger partial charge in [0.1, 0.15) is 0 Å². The second-order valence-corrected chi connectivity index (χ2v) is 6.40. The summed E-state index contributed by atoms with van der Waals surface area (Å²) >= 11 is 2.07. The van der Waals surface area contributed by atoms with Crippen molar-refractivity contribution in [2.45, 2.75) is 38.4 Å². The molecular weight excluding hydrogens is 238 g/mol. The summed E-state index contributed by atoms with van der Waals surface area (Å²) in [5.41, 5.74) is 2.84. The lowest BCUT2D eigenvalue weighted by Gasteiger charge is -2.19. The third kappa shape index (κ3) is 5.03. The van der Waals surface area contributed by atoms with Crippen molar-refractivity contribution in [2.75, 3.05) is 25.4 Å². The molecule has 18 heavy (non-hydrogen) atoms. The zero-order chi connectivity index (χ0) is 12.6. The Kier molecular flexibility index (Phi) is 6.09. The summed E-state index contributed by atoms with van der Waals surface area (Å²) in [7, 11) is 0. The van der Waals surface area contributed by atoms with Crippen molar-refractivity contribution in [1.29, 1.82) is 0 Å². The molecule has 0 aromatic heterocycles. The molecule has 1 aliphatic rings. The standard InChI is InChI=1S/C16H25NS/c1-15-7-6-8-16(13-15)14-18-12-11-17-9-4-2-3-5-10-17/h6-8,13H,2-5,9-12,14H2,1H3. The van der Waals surface area contributed by atoms with Crippen molar-refractivity contribution in [1.82, 2.24) is 4.90 Å². The summed E-state index contributed by atoms with van der Waals surface area (Å²) < 4.78 is 0. The van der Waals surface area contributed by atoms with E-state index in [4.69, 9.17) is 0 Å². The van der Waals surface area contributed by atoms with Crippen molar-refractivity contribution in [2.24, 2.45) is 0 Å². The normalized spacial score (nSPS) is 17.6. The van der Waals surface area contributed by atoms with Crippen molar-refractivity contribution in [3.63, 3.8) is 0 Å². The van der Waals surface area contributed by atoms with Gasteiger partial charge in [0.05, 0.1) is 0 Å². The van der Waals surface area contributed by atoms with Gasteiger partial charge in [-0.25, -0.2) is 0 Å². The summed E-state index contributed by atoms with van der Waals surface area (Å²) in [6.07, 6.45) is 5.69. The van der Waals surface area contributed by atoms with Gasteiger partial charge in [-0.2, -0.15) is 11.8 Å². The van der Waals surface area contributed by atoms with E-state index < -0.39 is 0 Å².